The van der Waals surface area contributed by atoms with E-state index in [0.29, 0.717) is 17.1 Å². The third-order valence-corrected chi connectivity index (χ3v) is 5.65. The van der Waals surface area contributed by atoms with Crippen LogP contribution in [0.2, 0.25) is 0 Å². The molecule has 0 fully saturated rings. The lowest BCUT2D eigenvalue weighted by atomic mass is 10.0. The van der Waals surface area contributed by atoms with E-state index in [-0.39, 0.29) is 49.7 Å². The van der Waals surface area contributed by atoms with Crippen LogP contribution in [0.1, 0.15) is 25.6 Å². The molecule has 1 aromatic heterocycles. The molecular formula is C22H29FN4O4S. The number of aromatic nitrogens is 1. The van der Waals surface area contributed by atoms with Crippen molar-refractivity contribution in [2.24, 2.45) is 5.92 Å². The number of nitrogens with zero attached hydrogens (tertiary/aromatic N) is 3. The van der Waals surface area contributed by atoms with E-state index < -0.39 is 12.1 Å². The van der Waals surface area contributed by atoms with Crippen molar-refractivity contribution in [1.82, 2.24) is 14.8 Å². The lowest BCUT2D eigenvalue weighted by Crippen LogP contribution is -2.50. The summed E-state index contributed by atoms with van der Waals surface area (Å²) in [5.41, 5.74) is 0.727. The van der Waals surface area contributed by atoms with Crippen molar-refractivity contribution in [3.05, 3.63) is 47.9 Å². The standard InChI is InChI=1S/C22H27FN4O4S.H2/c1-13-10-27(14(2)12-28)21(29)18-8-17(32)9-24-20(18)31-19(13)11-26(3)22(30)25-16-6-4-15(23)5-7-16;/h4-9,13-14,19,28,32H,10-12H2,1-3H3,(H,25,30);1H/t13-,14+,19-;/m0./s1. The van der Waals surface area contributed by atoms with E-state index in [4.69, 9.17) is 4.74 Å². The number of benzene rings is 1. The number of nitrogens with one attached hydrogen (secondary N) is 1. The first-order chi connectivity index (χ1) is 15.2. The van der Waals surface area contributed by atoms with E-state index in [9.17, 15) is 19.1 Å². The third-order valence-electron chi connectivity index (χ3n) is 5.40. The molecule has 1 aliphatic rings. The van der Waals surface area contributed by atoms with Crippen LogP contribution in [0.15, 0.2) is 41.4 Å². The van der Waals surface area contributed by atoms with Gasteiger partial charge in [-0.15, -0.1) is 12.6 Å². The molecule has 0 saturated carbocycles. The Morgan fingerprint density at radius 2 is 2.16 bits per heavy atom. The number of urea groups is 1. The average molecular weight is 465 g/mol. The Balaban J connectivity index is 0.00000385. The van der Waals surface area contributed by atoms with Crippen molar-refractivity contribution in [3.8, 4) is 5.88 Å². The quantitative estimate of drug-likeness (QED) is 0.591. The van der Waals surface area contributed by atoms with Crippen molar-refractivity contribution in [2.45, 2.75) is 30.9 Å². The molecule has 0 spiro atoms. The number of likely N-dealkylation sites (N-methyl/N-ethyl adjacent to an activating group) is 1. The van der Waals surface area contributed by atoms with Gasteiger partial charge in [-0.05, 0) is 37.3 Å². The molecule has 0 bridgehead atoms. The first kappa shape index (κ1) is 23.8. The molecule has 174 valence electrons. The Hall–Kier alpha value is -2.85. The monoisotopic (exact) mass is 464 g/mol. The van der Waals surface area contributed by atoms with E-state index in [1.807, 2.05) is 6.92 Å². The fraction of sp³-hybridized carbons (Fsp3) is 0.409. The maximum Gasteiger partial charge on any atom is 0.321 e. The van der Waals surface area contributed by atoms with Crippen LogP contribution in [0.4, 0.5) is 14.9 Å². The van der Waals surface area contributed by atoms with Crippen LogP contribution in [0, 0.1) is 11.7 Å². The summed E-state index contributed by atoms with van der Waals surface area (Å²) >= 11 is 4.28. The van der Waals surface area contributed by atoms with Crippen LogP contribution >= 0.6 is 12.6 Å². The van der Waals surface area contributed by atoms with Crippen molar-refractivity contribution in [2.75, 3.05) is 32.1 Å². The number of pyridine rings is 1. The molecule has 2 aromatic rings. The number of rotatable bonds is 5. The smallest absolute Gasteiger partial charge is 0.321 e. The molecule has 32 heavy (non-hydrogen) atoms. The molecule has 1 aromatic carbocycles. The van der Waals surface area contributed by atoms with Gasteiger partial charge in [-0.2, -0.15) is 0 Å². The summed E-state index contributed by atoms with van der Waals surface area (Å²) in [5, 5.41) is 12.4. The molecule has 3 amide bonds. The second-order valence-corrected chi connectivity index (χ2v) is 8.50. The minimum absolute atomic E-state index is 0. The third kappa shape index (κ3) is 5.49. The van der Waals surface area contributed by atoms with Gasteiger partial charge in [0.2, 0.25) is 5.88 Å². The molecule has 0 saturated heterocycles. The molecule has 2 N–H and O–H groups in total. The number of ether oxygens (including phenoxy) is 1. The van der Waals surface area contributed by atoms with E-state index in [1.54, 1.807) is 24.9 Å². The summed E-state index contributed by atoms with van der Waals surface area (Å²) in [7, 11) is 1.62. The number of anilines is 1. The minimum atomic E-state index is -0.475. The number of aliphatic hydroxyl groups excluding tert-OH is 1. The first-order valence-electron chi connectivity index (χ1n) is 10.2. The molecule has 1 aliphatic heterocycles. The molecular weight excluding hydrogens is 435 g/mol. The molecule has 0 aliphatic carbocycles. The Morgan fingerprint density at radius 3 is 2.81 bits per heavy atom. The van der Waals surface area contributed by atoms with Crippen molar-refractivity contribution in [1.29, 1.82) is 0 Å². The fourth-order valence-electron chi connectivity index (χ4n) is 3.41. The van der Waals surface area contributed by atoms with E-state index in [2.05, 4.69) is 22.9 Å². The zero-order chi connectivity index (χ0) is 23.4. The van der Waals surface area contributed by atoms with Crippen LogP contribution < -0.4 is 10.1 Å². The summed E-state index contributed by atoms with van der Waals surface area (Å²) in [6.07, 6.45) is 1.01. The maximum atomic E-state index is 13.1. The zero-order valence-electron chi connectivity index (χ0n) is 18.2. The van der Waals surface area contributed by atoms with Crippen molar-refractivity contribution >= 4 is 30.3 Å². The lowest BCUT2D eigenvalue weighted by Gasteiger charge is -2.37. The number of amides is 3. The van der Waals surface area contributed by atoms with Crippen LogP contribution in [0.25, 0.3) is 0 Å². The highest BCUT2D eigenvalue weighted by molar-refractivity contribution is 7.80. The minimum Gasteiger partial charge on any atom is -0.472 e. The maximum absolute atomic E-state index is 13.1. The molecule has 3 rings (SSSR count). The van der Waals surface area contributed by atoms with Gasteiger partial charge in [-0.1, -0.05) is 6.92 Å². The van der Waals surface area contributed by atoms with Gasteiger partial charge in [0.1, 0.15) is 17.5 Å². The van der Waals surface area contributed by atoms with Crippen LogP contribution in [-0.2, 0) is 0 Å². The zero-order valence-corrected chi connectivity index (χ0v) is 19.1. The number of halogens is 1. The van der Waals surface area contributed by atoms with Gasteiger partial charge in [-0.3, -0.25) is 4.79 Å². The summed E-state index contributed by atoms with van der Waals surface area (Å²) in [4.78, 5) is 33.5. The Kier molecular flexibility index (Phi) is 7.57. The van der Waals surface area contributed by atoms with Crippen molar-refractivity contribution in [3.63, 3.8) is 0 Å². The molecule has 0 unspecified atom stereocenters. The molecule has 8 nitrogen and oxygen atoms in total. The van der Waals surface area contributed by atoms with Gasteiger partial charge < -0.3 is 25.0 Å². The summed E-state index contributed by atoms with van der Waals surface area (Å²) in [5.74, 6) is -0.691. The van der Waals surface area contributed by atoms with Gasteiger partial charge in [0.25, 0.3) is 5.91 Å². The van der Waals surface area contributed by atoms with E-state index >= 15 is 0 Å². The Morgan fingerprint density at radius 1 is 1.47 bits per heavy atom. The lowest BCUT2D eigenvalue weighted by molar-refractivity contribution is 0.0355. The average Bonchev–Trinajstić information content (AvgIpc) is 2.77. The summed E-state index contributed by atoms with van der Waals surface area (Å²) in [6.45, 7) is 4.04. The van der Waals surface area contributed by atoms with Gasteiger partial charge in [0.05, 0.1) is 19.2 Å². The van der Waals surface area contributed by atoms with Crippen LogP contribution in [0.3, 0.4) is 0 Å². The van der Waals surface area contributed by atoms with Crippen LogP contribution in [-0.4, -0.2) is 70.7 Å². The van der Waals surface area contributed by atoms with Gasteiger partial charge >= 0.3 is 6.03 Å². The second-order valence-electron chi connectivity index (χ2n) is 7.99. The number of hydrogen-bond donors (Lipinski definition) is 3. The normalized spacial score (nSPS) is 19.3. The van der Waals surface area contributed by atoms with Gasteiger partial charge in [0.15, 0.2) is 0 Å². The molecule has 10 heteroatoms. The van der Waals surface area contributed by atoms with E-state index in [1.165, 1.54) is 35.4 Å². The predicted octanol–water partition coefficient (Wildman–Crippen LogP) is 3.14. The fourth-order valence-corrected chi connectivity index (χ4v) is 3.60. The largest absolute Gasteiger partial charge is 0.472 e. The number of aliphatic hydroxyl groups is 1. The number of carbonyl (C=O) groups is 2. The van der Waals surface area contributed by atoms with Crippen LogP contribution in [0.5, 0.6) is 5.88 Å². The Labute approximate surface area is 193 Å². The van der Waals surface area contributed by atoms with E-state index in [0.717, 1.165) is 0 Å². The Bertz CT molecular complexity index is 981. The topological polar surface area (TPSA) is 95.0 Å². The highest BCUT2D eigenvalue weighted by Gasteiger charge is 2.34. The van der Waals surface area contributed by atoms with Gasteiger partial charge in [0, 0.05) is 37.7 Å². The second kappa shape index (κ2) is 10.2. The molecule has 3 atom stereocenters. The number of thiol groups is 1. The van der Waals surface area contributed by atoms with Crippen molar-refractivity contribution < 1.29 is 25.2 Å². The molecule has 0 radical (unpaired) electrons. The summed E-state index contributed by atoms with van der Waals surface area (Å²) < 4.78 is 19.2. The highest BCUT2D eigenvalue weighted by Crippen LogP contribution is 2.28. The summed E-state index contributed by atoms with van der Waals surface area (Å²) in [6, 6.07) is 6.28. The molecule has 2 heterocycles. The SMILES string of the molecule is C[C@H](CO)N1C[C@H](C)[C@H](CN(C)C(=O)Nc2ccc(F)cc2)Oc2ncc(S)cc2C1=O.[HH]. The predicted molar refractivity (Wildman–Crippen MR) is 123 cm³/mol. The van der Waals surface area contributed by atoms with Gasteiger partial charge in [-0.25, -0.2) is 14.2 Å². The number of fused-ring (bicyclic) bond motifs is 1. The highest BCUT2D eigenvalue weighted by atomic mass is 32.1. The first-order valence-corrected chi connectivity index (χ1v) is 10.7. The number of carbonyl (C=O) groups excluding carboxylic acids is 2. The number of hydrogen-bond acceptors (Lipinski definition) is 6.